The molecule has 0 bridgehead atoms. The molecule has 3 aromatic carbocycles. The molecule has 1 N–H and O–H groups in total. The molecule has 0 saturated heterocycles. The number of allylic oxidation sites excluding steroid dienone is 3. The first-order valence-electron chi connectivity index (χ1n) is 9.50. The minimum absolute atomic E-state index is 0.280. The van der Waals surface area contributed by atoms with Gasteiger partial charge in [-0.3, -0.25) is 0 Å². The van der Waals surface area contributed by atoms with Crippen molar-refractivity contribution in [3.8, 4) is 0 Å². The average molecular weight is 431 g/mol. The van der Waals surface area contributed by atoms with Gasteiger partial charge in [-0.15, -0.1) is 0 Å². The Balaban J connectivity index is 1.88. The zero-order valence-corrected chi connectivity index (χ0v) is 17.6. The van der Waals surface area contributed by atoms with Gasteiger partial charge in [0.15, 0.2) is 0 Å². The molecule has 140 valence electrons. The maximum absolute atomic E-state index is 10.9. The highest BCUT2D eigenvalue weighted by molar-refractivity contribution is 9.10. The molecule has 1 saturated carbocycles. The molecule has 4 rings (SSSR count). The van der Waals surface area contributed by atoms with Crippen LogP contribution in [0.1, 0.15) is 36.6 Å². The van der Waals surface area contributed by atoms with Gasteiger partial charge in [-0.1, -0.05) is 94.3 Å². The highest BCUT2D eigenvalue weighted by Crippen LogP contribution is 2.65. The van der Waals surface area contributed by atoms with Crippen molar-refractivity contribution in [2.24, 2.45) is 0 Å². The molecule has 0 aliphatic heterocycles. The fourth-order valence-corrected chi connectivity index (χ4v) is 4.47. The predicted octanol–water partition coefficient (Wildman–Crippen LogP) is 6.75. The van der Waals surface area contributed by atoms with E-state index < -0.39 is 6.10 Å². The highest BCUT2D eigenvalue weighted by Gasteiger charge is 2.57. The van der Waals surface area contributed by atoms with Gasteiger partial charge in [-0.05, 0) is 59.9 Å². The lowest BCUT2D eigenvalue weighted by Gasteiger charge is -2.17. The van der Waals surface area contributed by atoms with Gasteiger partial charge in [0, 0.05) is 4.47 Å². The molecule has 28 heavy (non-hydrogen) atoms. The molecule has 1 aliphatic rings. The lowest BCUT2D eigenvalue weighted by molar-refractivity contribution is 0.228. The van der Waals surface area contributed by atoms with Gasteiger partial charge >= 0.3 is 0 Å². The Kier molecular flexibility index (Phi) is 5.09. The van der Waals surface area contributed by atoms with Crippen LogP contribution in [0.15, 0.2) is 112 Å². The van der Waals surface area contributed by atoms with Crippen LogP contribution in [0.25, 0.3) is 0 Å². The summed E-state index contributed by atoms with van der Waals surface area (Å²) in [6.07, 6.45) is 1.37. The van der Waals surface area contributed by atoms with Crippen LogP contribution in [0.2, 0.25) is 0 Å². The predicted molar refractivity (Wildman–Crippen MR) is 119 cm³/mol. The Hall–Kier alpha value is -2.42. The Morgan fingerprint density at radius 3 is 1.79 bits per heavy atom. The third-order valence-corrected chi connectivity index (χ3v) is 5.96. The van der Waals surface area contributed by atoms with Gasteiger partial charge in [0.25, 0.3) is 0 Å². The number of aliphatic hydroxyl groups is 1. The van der Waals surface area contributed by atoms with Crippen molar-refractivity contribution in [1.29, 1.82) is 0 Å². The molecule has 2 heteroatoms. The molecular weight excluding hydrogens is 408 g/mol. The summed E-state index contributed by atoms with van der Waals surface area (Å²) in [5.74, 6) is 0. The smallest absolute Gasteiger partial charge is 0.0978 e. The monoisotopic (exact) mass is 430 g/mol. The fraction of sp³-hybridized carbons (Fsp3) is 0.154. The number of benzene rings is 3. The number of halogens is 1. The van der Waals surface area contributed by atoms with E-state index in [1.807, 2.05) is 42.5 Å². The van der Waals surface area contributed by atoms with Crippen molar-refractivity contribution in [1.82, 2.24) is 0 Å². The molecule has 1 aliphatic carbocycles. The van der Waals surface area contributed by atoms with Gasteiger partial charge in [0.2, 0.25) is 0 Å². The SMILES string of the molecule is CC(C)=C1/C(=C/C(O)c2ccc(Br)cc2)C1(c1ccccc1)c1ccccc1. The van der Waals surface area contributed by atoms with Gasteiger partial charge in [0.1, 0.15) is 0 Å². The first-order valence-corrected chi connectivity index (χ1v) is 10.3. The van der Waals surface area contributed by atoms with E-state index in [2.05, 4.69) is 78.3 Å². The second-order valence-corrected chi connectivity index (χ2v) is 8.35. The fourth-order valence-electron chi connectivity index (χ4n) is 4.21. The van der Waals surface area contributed by atoms with Gasteiger partial charge in [0.05, 0.1) is 11.5 Å². The van der Waals surface area contributed by atoms with Crippen LogP contribution in [0.5, 0.6) is 0 Å². The second kappa shape index (κ2) is 7.54. The lowest BCUT2D eigenvalue weighted by Crippen LogP contribution is -2.10. The number of hydrogen-bond donors (Lipinski definition) is 1. The summed E-state index contributed by atoms with van der Waals surface area (Å²) in [7, 11) is 0. The Morgan fingerprint density at radius 2 is 1.32 bits per heavy atom. The Bertz CT molecular complexity index is 987. The van der Waals surface area contributed by atoms with Crippen LogP contribution < -0.4 is 0 Å². The number of aliphatic hydroxyl groups excluding tert-OH is 1. The first-order chi connectivity index (χ1) is 13.5. The van der Waals surface area contributed by atoms with Crippen molar-refractivity contribution >= 4 is 15.9 Å². The lowest BCUT2D eigenvalue weighted by atomic mass is 9.85. The number of rotatable bonds is 4. The molecular formula is C26H23BrO. The molecule has 0 aromatic heterocycles. The maximum Gasteiger partial charge on any atom is 0.0978 e. The second-order valence-electron chi connectivity index (χ2n) is 7.43. The van der Waals surface area contributed by atoms with E-state index in [1.165, 1.54) is 27.8 Å². The third-order valence-electron chi connectivity index (χ3n) is 5.44. The molecule has 1 nitrogen and oxygen atoms in total. The molecule has 0 radical (unpaired) electrons. The van der Waals surface area contributed by atoms with Gasteiger partial charge in [-0.25, -0.2) is 0 Å². The minimum Gasteiger partial charge on any atom is -0.384 e. The van der Waals surface area contributed by atoms with E-state index in [1.54, 1.807) is 0 Å². The normalized spacial score (nSPS) is 17.4. The van der Waals surface area contributed by atoms with Crippen LogP contribution in [0.3, 0.4) is 0 Å². The third kappa shape index (κ3) is 3.17. The van der Waals surface area contributed by atoms with Crippen LogP contribution in [-0.2, 0) is 5.41 Å². The summed E-state index contributed by atoms with van der Waals surface area (Å²) in [5.41, 5.74) is 6.88. The summed E-state index contributed by atoms with van der Waals surface area (Å²) in [6, 6.07) is 29.0. The van der Waals surface area contributed by atoms with Crippen LogP contribution >= 0.6 is 15.9 Å². The minimum atomic E-state index is -0.647. The molecule has 0 amide bonds. The van der Waals surface area contributed by atoms with E-state index >= 15 is 0 Å². The van der Waals surface area contributed by atoms with E-state index in [4.69, 9.17) is 0 Å². The topological polar surface area (TPSA) is 20.2 Å². The molecule has 3 aromatic rings. The quantitative estimate of drug-likeness (QED) is 0.485. The average Bonchev–Trinajstić information content (AvgIpc) is 3.39. The first kappa shape index (κ1) is 18.9. The number of hydrogen-bond acceptors (Lipinski definition) is 1. The van der Waals surface area contributed by atoms with E-state index in [0.29, 0.717) is 0 Å². The Labute approximate surface area is 175 Å². The standard InChI is InChI=1S/C26H23BrO/c1-18(2)25-23(17-24(28)19-13-15-22(27)16-14-19)26(25,20-9-5-3-6-10-20)21-11-7-4-8-12-21/h3-17,24,28H,1-2H3/b23-17-. The maximum atomic E-state index is 10.9. The zero-order valence-electron chi connectivity index (χ0n) is 16.1. The van der Waals surface area contributed by atoms with Crippen molar-refractivity contribution in [3.05, 3.63) is 129 Å². The van der Waals surface area contributed by atoms with E-state index in [9.17, 15) is 5.11 Å². The van der Waals surface area contributed by atoms with Crippen molar-refractivity contribution < 1.29 is 5.11 Å². The van der Waals surface area contributed by atoms with Crippen LogP contribution in [-0.4, -0.2) is 5.11 Å². The molecule has 1 atom stereocenters. The van der Waals surface area contributed by atoms with Crippen LogP contribution in [0, 0.1) is 0 Å². The van der Waals surface area contributed by atoms with E-state index in [0.717, 1.165) is 10.0 Å². The Morgan fingerprint density at radius 1 is 0.821 bits per heavy atom. The van der Waals surface area contributed by atoms with Crippen molar-refractivity contribution in [2.75, 3.05) is 0 Å². The highest BCUT2D eigenvalue weighted by atomic mass is 79.9. The largest absolute Gasteiger partial charge is 0.384 e. The van der Waals surface area contributed by atoms with Crippen LogP contribution in [0.4, 0.5) is 0 Å². The molecule has 0 spiro atoms. The van der Waals surface area contributed by atoms with Gasteiger partial charge < -0.3 is 5.11 Å². The van der Waals surface area contributed by atoms with Crippen molar-refractivity contribution in [2.45, 2.75) is 25.4 Å². The summed E-state index contributed by atoms with van der Waals surface area (Å²) in [4.78, 5) is 0. The summed E-state index contributed by atoms with van der Waals surface area (Å²) in [5, 5.41) is 10.9. The molecule has 1 unspecified atom stereocenters. The molecule has 0 heterocycles. The summed E-state index contributed by atoms with van der Waals surface area (Å²) < 4.78 is 1.01. The van der Waals surface area contributed by atoms with Gasteiger partial charge in [-0.2, -0.15) is 0 Å². The summed E-state index contributed by atoms with van der Waals surface area (Å²) >= 11 is 3.46. The summed E-state index contributed by atoms with van der Waals surface area (Å²) in [6.45, 7) is 4.31. The van der Waals surface area contributed by atoms with Crippen molar-refractivity contribution in [3.63, 3.8) is 0 Å². The molecule has 1 fully saturated rings. The zero-order chi connectivity index (χ0) is 19.7. The van der Waals surface area contributed by atoms with E-state index in [-0.39, 0.29) is 5.41 Å².